The van der Waals surface area contributed by atoms with E-state index in [-0.39, 0.29) is 17.3 Å². The molecule has 0 saturated carbocycles. The molecule has 1 saturated heterocycles. The van der Waals surface area contributed by atoms with Crippen LogP contribution in [0.5, 0.6) is 0 Å². The van der Waals surface area contributed by atoms with E-state index in [4.69, 9.17) is 4.84 Å². The number of oxime groups is 1. The highest BCUT2D eigenvalue weighted by molar-refractivity contribution is 7.92. The maximum absolute atomic E-state index is 14.0. The number of nitrogens with one attached hydrogen (secondary N) is 2. The van der Waals surface area contributed by atoms with E-state index in [2.05, 4.69) is 10.5 Å². The van der Waals surface area contributed by atoms with Crippen LogP contribution in [0.1, 0.15) is 39.2 Å². The Morgan fingerprint density at radius 2 is 1.94 bits per heavy atom. The van der Waals surface area contributed by atoms with Crippen LogP contribution < -0.4 is 5.32 Å². The van der Waals surface area contributed by atoms with Gasteiger partial charge in [-0.15, -0.1) is 0 Å². The molecule has 13 heteroatoms. The molecule has 0 bridgehead atoms. The Morgan fingerprint density at radius 3 is 2.48 bits per heavy atom. The third kappa shape index (κ3) is 4.31. The van der Waals surface area contributed by atoms with E-state index in [0.717, 1.165) is 0 Å². The highest BCUT2D eigenvalue weighted by Gasteiger charge is 2.63. The Bertz CT molecular complexity index is 1110. The van der Waals surface area contributed by atoms with Gasteiger partial charge in [0, 0.05) is 17.3 Å². The van der Waals surface area contributed by atoms with Gasteiger partial charge in [0.25, 0.3) is 11.5 Å². The van der Waals surface area contributed by atoms with Crippen molar-refractivity contribution in [3.63, 3.8) is 0 Å². The highest BCUT2D eigenvalue weighted by Crippen LogP contribution is 2.49. The first-order chi connectivity index (χ1) is 15.3. The van der Waals surface area contributed by atoms with Crippen LogP contribution in [0.4, 0.5) is 26.3 Å². The molecule has 0 radical (unpaired) electrons. The van der Waals surface area contributed by atoms with E-state index >= 15 is 0 Å². The maximum Gasteiger partial charge on any atom is 0.435 e. The van der Waals surface area contributed by atoms with Crippen LogP contribution >= 0.6 is 0 Å². The predicted molar refractivity (Wildman–Crippen MR) is 106 cm³/mol. The predicted octanol–water partition coefficient (Wildman–Crippen LogP) is 3.78. The van der Waals surface area contributed by atoms with Crippen LogP contribution in [0, 0.1) is 6.92 Å². The van der Waals surface area contributed by atoms with Crippen LogP contribution in [0.3, 0.4) is 0 Å². The third-order valence-electron chi connectivity index (χ3n) is 5.55. The van der Waals surface area contributed by atoms with E-state index in [9.17, 15) is 35.7 Å². The fourth-order valence-electron chi connectivity index (χ4n) is 3.69. The lowest BCUT2D eigenvalue weighted by molar-refractivity contribution is -0.275. The second-order valence-corrected chi connectivity index (χ2v) is 9.45. The highest BCUT2D eigenvalue weighted by atomic mass is 32.2. The molecule has 1 aromatic heterocycles. The molecule has 1 fully saturated rings. The fraction of sp³-hybridized carbons (Fsp3) is 0.400. The van der Waals surface area contributed by atoms with Gasteiger partial charge in [0.2, 0.25) is 0 Å². The summed E-state index contributed by atoms with van der Waals surface area (Å²) < 4.78 is 91.7. The van der Waals surface area contributed by atoms with Crippen LogP contribution in [-0.4, -0.2) is 44.9 Å². The van der Waals surface area contributed by atoms with Crippen molar-refractivity contribution in [3.05, 3.63) is 58.4 Å². The molecule has 178 valence electrons. The number of aromatic nitrogens is 1. The van der Waals surface area contributed by atoms with E-state index in [1.807, 2.05) is 4.98 Å². The number of hydrogen-bond donors (Lipinski definition) is 2. The first kappa shape index (κ1) is 23.5. The number of rotatable bonds is 4. The fourth-order valence-corrected chi connectivity index (χ4v) is 4.66. The molecular formula is C20H17F6N3O3S. The zero-order chi connectivity index (χ0) is 24.2. The largest absolute Gasteiger partial charge is 0.616 e. The topological polar surface area (TPSA) is 89.5 Å². The zero-order valence-corrected chi connectivity index (χ0v) is 17.7. The van der Waals surface area contributed by atoms with Gasteiger partial charge in [0.15, 0.2) is 0 Å². The molecule has 2 aliphatic rings. The molecule has 1 aromatic carbocycles. The number of benzene rings is 1. The summed E-state index contributed by atoms with van der Waals surface area (Å²) in [4.78, 5) is 19.0. The number of H-pyrrole nitrogens is 1. The Balaban J connectivity index is 1.56. The average Bonchev–Trinajstić information content (AvgIpc) is 3.34. The van der Waals surface area contributed by atoms with Gasteiger partial charge in [-0.2, -0.15) is 26.3 Å². The van der Waals surface area contributed by atoms with Crippen molar-refractivity contribution in [2.45, 2.75) is 37.3 Å². The molecule has 2 aliphatic heterocycles. The van der Waals surface area contributed by atoms with Gasteiger partial charge in [-0.25, -0.2) is 0 Å². The van der Waals surface area contributed by atoms with Gasteiger partial charge >= 0.3 is 12.4 Å². The van der Waals surface area contributed by atoms with Crippen molar-refractivity contribution in [1.82, 2.24) is 10.3 Å². The molecule has 33 heavy (non-hydrogen) atoms. The number of carbonyl (C=O) groups excluding carboxylic acids is 1. The first-order valence-electron chi connectivity index (χ1n) is 9.65. The van der Waals surface area contributed by atoms with Gasteiger partial charge in [-0.3, -0.25) is 4.79 Å². The number of carbonyl (C=O) groups is 1. The summed E-state index contributed by atoms with van der Waals surface area (Å²) in [6, 6.07) is 4.44. The molecule has 3 heterocycles. The van der Waals surface area contributed by atoms with Crippen LogP contribution in [0.25, 0.3) is 0 Å². The van der Waals surface area contributed by atoms with Gasteiger partial charge in [-0.05, 0) is 47.4 Å². The lowest BCUT2D eigenvalue weighted by Crippen LogP contribution is -2.53. The summed E-state index contributed by atoms with van der Waals surface area (Å²) in [5.41, 5.74) is -4.28. The molecule has 1 amide bonds. The standard InChI is InChI=1S/C20H17F6N3O3S/c1-10-4-11(2-3-14(10)17(30)28-13-8-33(31)9-13)15-6-18(32-29-15,20(24,25)26)12-5-16(27-7-12)19(21,22)23/h2-5,7,13,27H,6,8-9H2,1H3,(H,28,30). The van der Waals surface area contributed by atoms with Gasteiger partial charge in [0.05, 0.1) is 12.1 Å². The number of hydrogen-bond acceptors (Lipinski definition) is 4. The van der Waals surface area contributed by atoms with E-state index in [0.29, 0.717) is 34.9 Å². The Kier molecular flexibility index (Phi) is 5.68. The number of amides is 1. The Morgan fingerprint density at radius 1 is 1.24 bits per heavy atom. The number of aryl methyl sites for hydroxylation is 1. The number of aromatic amines is 1. The molecule has 0 aliphatic carbocycles. The van der Waals surface area contributed by atoms with Crippen molar-refractivity contribution in [3.8, 4) is 0 Å². The summed E-state index contributed by atoms with van der Waals surface area (Å²) >= 11 is -0.941. The smallest absolute Gasteiger partial charge is 0.435 e. The maximum atomic E-state index is 14.0. The van der Waals surface area contributed by atoms with Crippen LogP contribution in [0.15, 0.2) is 35.6 Å². The molecule has 2 N–H and O–H groups in total. The molecular weight excluding hydrogens is 476 g/mol. The van der Waals surface area contributed by atoms with Crippen molar-refractivity contribution in [1.29, 1.82) is 0 Å². The monoisotopic (exact) mass is 493 g/mol. The van der Waals surface area contributed by atoms with E-state index in [1.54, 1.807) is 6.92 Å². The van der Waals surface area contributed by atoms with E-state index in [1.165, 1.54) is 18.2 Å². The SMILES string of the molecule is Cc1cc(C2=NOC(c3c[nH]c(C(F)(F)F)c3)(C(F)(F)F)C2)ccc1C(=O)NC1C[S+]([O-])C1. The molecule has 6 nitrogen and oxygen atoms in total. The Hall–Kier alpha value is -2.67. The lowest BCUT2D eigenvalue weighted by atomic mass is 9.87. The minimum atomic E-state index is -5.05. The number of alkyl halides is 6. The Labute approximate surface area is 186 Å². The molecule has 1 unspecified atom stereocenters. The summed E-state index contributed by atoms with van der Waals surface area (Å²) in [5.74, 6) is 0.333. The van der Waals surface area contributed by atoms with Crippen LogP contribution in [0.2, 0.25) is 0 Å². The molecule has 0 spiro atoms. The van der Waals surface area contributed by atoms with Gasteiger partial charge < -0.3 is 19.7 Å². The minimum absolute atomic E-state index is 0.119. The summed E-state index contributed by atoms with van der Waals surface area (Å²) in [6.45, 7) is 1.59. The second kappa shape index (κ2) is 7.97. The minimum Gasteiger partial charge on any atom is -0.616 e. The van der Waals surface area contributed by atoms with Crippen molar-refractivity contribution in [2.24, 2.45) is 5.16 Å². The lowest BCUT2D eigenvalue weighted by Gasteiger charge is -2.29. The summed E-state index contributed by atoms with van der Waals surface area (Å²) in [5, 5.41) is 6.27. The quantitative estimate of drug-likeness (QED) is 0.502. The van der Waals surface area contributed by atoms with Crippen molar-refractivity contribution in [2.75, 3.05) is 11.5 Å². The molecule has 4 rings (SSSR count). The van der Waals surface area contributed by atoms with Crippen LogP contribution in [-0.2, 0) is 27.8 Å². The average molecular weight is 493 g/mol. The summed E-state index contributed by atoms with van der Waals surface area (Å²) in [7, 11) is 0. The van der Waals surface area contributed by atoms with Crippen molar-refractivity contribution >= 4 is 22.8 Å². The second-order valence-electron chi connectivity index (χ2n) is 7.90. The summed E-state index contributed by atoms with van der Waals surface area (Å²) in [6.07, 6.45) is -10.1. The van der Waals surface area contributed by atoms with Gasteiger partial charge in [0.1, 0.15) is 23.2 Å². The third-order valence-corrected chi connectivity index (χ3v) is 7.10. The molecule has 2 aromatic rings. The molecule has 1 atom stereocenters. The van der Waals surface area contributed by atoms with Gasteiger partial charge in [-0.1, -0.05) is 11.2 Å². The van der Waals surface area contributed by atoms with E-state index < -0.39 is 52.7 Å². The number of halogens is 6. The number of nitrogens with zero attached hydrogens (tertiary/aromatic N) is 1. The van der Waals surface area contributed by atoms with Crippen molar-refractivity contribution < 1.29 is 40.5 Å². The first-order valence-corrected chi connectivity index (χ1v) is 11.1. The zero-order valence-electron chi connectivity index (χ0n) is 16.9. The normalized spacial score (nSPS) is 25.3.